The first-order valence-corrected chi connectivity index (χ1v) is 8.57. The highest BCUT2D eigenvalue weighted by molar-refractivity contribution is 7.92. The average Bonchev–Trinajstić information content (AvgIpc) is 2.54. The number of anilines is 1. The van der Waals surface area contributed by atoms with Crippen LogP contribution < -0.4 is 10.0 Å². The van der Waals surface area contributed by atoms with E-state index in [2.05, 4.69) is 10.0 Å². The highest BCUT2D eigenvalue weighted by Gasteiger charge is 2.15. The topological polar surface area (TPSA) is 75.3 Å². The molecule has 5 nitrogen and oxygen atoms in total. The summed E-state index contributed by atoms with van der Waals surface area (Å²) in [5.41, 5.74) is 0.648. The predicted octanol–water partition coefficient (Wildman–Crippen LogP) is 2.77. The third kappa shape index (κ3) is 4.53. The van der Waals surface area contributed by atoms with Crippen molar-refractivity contribution in [2.45, 2.75) is 18.2 Å². The van der Waals surface area contributed by atoms with Crippen molar-refractivity contribution in [1.82, 2.24) is 5.32 Å². The SMILES string of the molecule is CCCNC(=O)c1ccc(S(=O)(=O)Nc2ccc(F)cc2)cc1. The molecule has 0 heterocycles. The number of sulfonamides is 1. The van der Waals surface area contributed by atoms with Crippen molar-refractivity contribution in [2.75, 3.05) is 11.3 Å². The van der Waals surface area contributed by atoms with Crippen LogP contribution in [0.15, 0.2) is 53.4 Å². The van der Waals surface area contributed by atoms with Gasteiger partial charge in [0.1, 0.15) is 5.82 Å². The number of benzene rings is 2. The van der Waals surface area contributed by atoms with Crippen molar-refractivity contribution < 1.29 is 17.6 Å². The summed E-state index contributed by atoms with van der Waals surface area (Å²) in [4.78, 5) is 11.8. The molecule has 0 fully saturated rings. The lowest BCUT2D eigenvalue weighted by Gasteiger charge is -2.09. The zero-order chi connectivity index (χ0) is 16.9. The summed E-state index contributed by atoms with van der Waals surface area (Å²) in [6.45, 7) is 2.50. The van der Waals surface area contributed by atoms with Gasteiger partial charge < -0.3 is 5.32 Å². The Bertz CT molecular complexity index is 772. The third-order valence-corrected chi connectivity index (χ3v) is 4.46. The number of nitrogens with one attached hydrogen (secondary N) is 2. The second-order valence-electron chi connectivity index (χ2n) is 4.89. The van der Waals surface area contributed by atoms with Crippen LogP contribution in [-0.4, -0.2) is 20.9 Å². The maximum absolute atomic E-state index is 12.8. The highest BCUT2D eigenvalue weighted by Crippen LogP contribution is 2.17. The van der Waals surface area contributed by atoms with Gasteiger partial charge in [-0.15, -0.1) is 0 Å². The first-order chi connectivity index (χ1) is 10.9. The Morgan fingerprint density at radius 1 is 1.04 bits per heavy atom. The summed E-state index contributed by atoms with van der Waals surface area (Å²) < 4.78 is 39.7. The Hall–Kier alpha value is -2.41. The molecule has 7 heteroatoms. The quantitative estimate of drug-likeness (QED) is 0.852. The van der Waals surface area contributed by atoms with Crippen molar-refractivity contribution in [1.29, 1.82) is 0 Å². The van der Waals surface area contributed by atoms with E-state index in [9.17, 15) is 17.6 Å². The molecule has 0 atom stereocenters. The molecule has 0 unspecified atom stereocenters. The Morgan fingerprint density at radius 2 is 1.65 bits per heavy atom. The largest absolute Gasteiger partial charge is 0.352 e. The summed E-state index contributed by atoms with van der Waals surface area (Å²) in [6.07, 6.45) is 0.819. The average molecular weight is 336 g/mol. The van der Waals surface area contributed by atoms with Crippen LogP contribution in [-0.2, 0) is 10.0 Å². The van der Waals surface area contributed by atoms with E-state index in [0.717, 1.165) is 6.42 Å². The van der Waals surface area contributed by atoms with Gasteiger partial charge in [-0.05, 0) is 55.0 Å². The summed E-state index contributed by atoms with van der Waals surface area (Å²) in [7, 11) is -3.79. The van der Waals surface area contributed by atoms with Crippen molar-refractivity contribution in [3.05, 3.63) is 59.9 Å². The molecule has 0 saturated heterocycles. The smallest absolute Gasteiger partial charge is 0.261 e. The van der Waals surface area contributed by atoms with Crippen LogP contribution in [0.2, 0.25) is 0 Å². The minimum absolute atomic E-state index is 0.0221. The lowest BCUT2D eigenvalue weighted by molar-refractivity contribution is 0.0953. The van der Waals surface area contributed by atoms with Gasteiger partial charge in [0.05, 0.1) is 4.90 Å². The van der Waals surface area contributed by atoms with Crippen LogP contribution in [0.1, 0.15) is 23.7 Å². The number of hydrogen-bond acceptors (Lipinski definition) is 3. The molecule has 0 aromatic heterocycles. The first-order valence-electron chi connectivity index (χ1n) is 7.09. The number of rotatable bonds is 6. The molecule has 0 saturated carbocycles. The molecule has 0 bridgehead atoms. The Labute approximate surface area is 134 Å². The summed E-state index contributed by atoms with van der Waals surface area (Å²) in [5, 5.41) is 2.71. The fourth-order valence-corrected chi connectivity index (χ4v) is 2.92. The number of amides is 1. The fraction of sp³-hybridized carbons (Fsp3) is 0.188. The zero-order valence-electron chi connectivity index (χ0n) is 12.5. The van der Waals surface area contributed by atoms with Crippen LogP contribution in [0.5, 0.6) is 0 Å². The van der Waals surface area contributed by atoms with Gasteiger partial charge in [-0.2, -0.15) is 0 Å². The van der Waals surface area contributed by atoms with Gasteiger partial charge >= 0.3 is 0 Å². The minimum atomic E-state index is -3.79. The second kappa shape index (κ2) is 7.23. The first kappa shape index (κ1) is 17.0. The van der Waals surface area contributed by atoms with E-state index in [4.69, 9.17) is 0 Å². The lowest BCUT2D eigenvalue weighted by Crippen LogP contribution is -2.24. The minimum Gasteiger partial charge on any atom is -0.352 e. The molecule has 0 spiro atoms. The third-order valence-electron chi connectivity index (χ3n) is 3.06. The lowest BCUT2D eigenvalue weighted by atomic mass is 10.2. The fourth-order valence-electron chi connectivity index (χ4n) is 1.86. The van der Waals surface area contributed by atoms with Crippen LogP contribution in [0.25, 0.3) is 0 Å². The Balaban J connectivity index is 2.14. The van der Waals surface area contributed by atoms with Crippen LogP contribution in [0.4, 0.5) is 10.1 Å². The molecular weight excluding hydrogens is 319 g/mol. The molecular formula is C16H17FN2O3S. The molecule has 2 rings (SSSR count). The maximum atomic E-state index is 12.8. The van der Waals surface area contributed by atoms with Crippen molar-refractivity contribution in [3.63, 3.8) is 0 Å². The van der Waals surface area contributed by atoms with E-state index in [-0.39, 0.29) is 16.5 Å². The Morgan fingerprint density at radius 3 is 2.22 bits per heavy atom. The standard InChI is InChI=1S/C16H17FN2O3S/c1-2-11-18-16(20)12-3-9-15(10-4-12)23(21,22)19-14-7-5-13(17)6-8-14/h3-10,19H,2,11H2,1H3,(H,18,20). The summed E-state index contributed by atoms with van der Waals surface area (Å²) in [6, 6.07) is 10.6. The molecule has 2 aromatic carbocycles. The molecule has 0 aliphatic rings. The second-order valence-corrected chi connectivity index (χ2v) is 6.58. The van der Waals surface area contributed by atoms with E-state index < -0.39 is 15.8 Å². The molecule has 0 aliphatic heterocycles. The highest BCUT2D eigenvalue weighted by atomic mass is 32.2. The monoisotopic (exact) mass is 336 g/mol. The molecule has 23 heavy (non-hydrogen) atoms. The molecule has 2 aromatic rings. The van der Waals surface area contributed by atoms with E-state index in [1.807, 2.05) is 6.92 Å². The number of hydrogen-bond donors (Lipinski definition) is 2. The summed E-state index contributed by atoms with van der Waals surface area (Å²) in [5.74, 6) is -0.697. The van der Waals surface area contributed by atoms with Gasteiger partial charge in [0.2, 0.25) is 0 Å². The number of halogens is 1. The van der Waals surface area contributed by atoms with Gasteiger partial charge in [0, 0.05) is 17.8 Å². The van der Waals surface area contributed by atoms with Crippen LogP contribution >= 0.6 is 0 Å². The van der Waals surface area contributed by atoms with Gasteiger partial charge in [-0.3, -0.25) is 9.52 Å². The van der Waals surface area contributed by atoms with Crippen LogP contribution in [0, 0.1) is 5.82 Å². The van der Waals surface area contributed by atoms with Gasteiger partial charge in [-0.1, -0.05) is 6.92 Å². The predicted molar refractivity (Wildman–Crippen MR) is 86.3 cm³/mol. The summed E-state index contributed by atoms with van der Waals surface area (Å²) >= 11 is 0. The van der Waals surface area contributed by atoms with E-state index >= 15 is 0 Å². The van der Waals surface area contributed by atoms with Gasteiger partial charge in [0.25, 0.3) is 15.9 Å². The molecule has 1 amide bonds. The van der Waals surface area contributed by atoms with Crippen molar-refractivity contribution >= 4 is 21.6 Å². The zero-order valence-corrected chi connectivity index (χ0v) is 13.4. The number of carbonyl (C=O) groups excluding carboxylic acids is 1. The van der Waals surface area contributed by atoms with Crippen LogP contribution in [0.3, 0.4) is 0 Å². The molecule has 122 valence electrons. The number of carbonyl (C=O) groups is 1. The van der Waals surface area contributed by atoms with Crippen molar-refractivity contribution in [2.24, 2.45) is 0 Å². The van der Waals surface area contributed by atoms with E-state index in [1.165, 1.54) is 48.5 Å². The molecule has 0 aliphatic carbocycles. The van der Waals surface area contributed by atoms with E-state index in [0.29, 0.717) is 12.1 Å². The maximum Gasteiger partial charge on any atom is 0.261 e. The van der Waals surface area contributed by atoms with E-state index in [1.54, 1.807) is 0 Å². The van der Waals surface area contributed by atoms with Crippen molar-refractivity contribution in [3.8, 4) is 0 Å². The van der Waals surface area contributed by atoms with Gasteiger partial charge in [-0.25, -0.2) is 12.8 Å². The Kier molecular flexibility index (Phi) is 5.33. The normalized spacial score (nSPS) is 11.0. The molecule has 2 N–H and O–H groups in total. The molecule has 0 radical (unpaired) electrons. The van der Waals surface area contributed by atoms with Gasteiger partial charge in [0.15, 0.2) is 0 Å².